The predicted molar refractivity (Wildman–Crippen MR) is 107 cm³/mol. The van der Waals surface area contributed by atoms with Crippen LogP contribution in [0.1, 0.15) is 59.8 Å². The molecule has 0 spiro atoms. The van der Waals surface area contributed by atoms with Gasteiger partial charge in [-0.3, -0.25) is 14.5 Å². The first-order valence-corrected chi connectivity index (χ1v) is 10.8. The number of unbranched alkanes of at least 4 members (excludes halogenated alkanes) is 1. The molecule has 0 aliphatic carbocycles. The summed E-state index contributed by atoms with van der Waals surface area (Å²) in [5.41, 5.74) is 1.90. The Hall–Kier alpha value is -2.07. The van der Waals surface area contributed by atoms with Crippen molar-refractivity contribution in [1.82, 2.24) is 20.3 Å². The minimum Gasteiger partial charge on any atom is -0.444 e. The first kappa shape index (κ1) is 22.6. The highest BCUT2D eigenvalue weighted by atomic mass is 16.7. The molecule has 30 heavy (non-hydrogen) atoms. The number of urea groups is 1. The molecule has 10 heteroatoms. The lowest BCUT2D eigenvalue weighted by Crippen LogP contribution is -2.56. The molecule has 0 saturated carbocycles. The molecule has 4 amide bonds. The number of carbonyl (C=O) groups is 3. The molecule has 3 fully saturated rings. The van der Waals surface area contributed by atoms with Gasteiger partial charge >= 0.3 is 12.1 Å². The van der Waals surface area contributed by atoms with E-state index in [4.69, 9.17) is 14.4 Å². The van der Waals surface area contributed by atoms with Crippen LogP contribution < -0.4 is 5.48 Å². The van der Waals surface area contributed by atoms with Crippen LogP contribution in [-0.2, 0) is 19.2 Å². The van der Waals surface area contributed by atoms with Crippen LogP contribution in [-0.4, -0.2) is 82.9 Å². The Labute approximate surface area is 177 Å². The minimum atomic E-state index is -0.572. The summed E-state index contributed by atoms with van der Waals surface area (Å²) >= 11 is 0. The Kier molecular flexibility index (Phi) is 7.07. The topological polar surface area (TPSA) is 101 Å². The lowest BCUT2D eigenvalue weighted by molar-refractivity contribution is -0.141. The number of amides is 4. The standard InChI is InChI=1S/C20H34N4O6/c1-5-6-11-29-24-14-7-8-16(23(12-14)18(24)26)17(25)21-28-13-15-9-10-22(15)19(27)30-20(2,3)4/h14-16H,5-13H2,1-4H3,(H,21,25)/t14?,15-,16-/m0/s1. The van der Waals surface area contributed by atoms with E-state index in [0.717, 1.165) is 19.3 Å². The molecule has 10 nitrogen and oxygen atoms in total. The highest BCUT2D eigenvalue weighted by molar-refractivity contribution is 5.88. The molecule has 1 N–H and O–H groups in total. The highest BCUT2D eigenvalue weighted by Crippen LogP contribution is 2.30. The lowest BCUT2D eigenvalue weighted by atomic mass is 10.0. The zero-order valence-corrected chi connectivity index (χ0v) is 18.4. The van der Waals surface area contributed by atoms with Gasteiger partial charge in [-0.25, -0.2) is 15.1 Å². The fraction of sp³-hybridized carbons (Fsp3) is 0.850. The maximum absolute atomic E-state index is 12.6. The van der Waals surface area contributed by atoms with Crippen molar-refractivity contribution in [3.8, 4) is 0 Å². The number of rotatable bonds is 8. The van der Waals surface area contributed by atoms with Crippen LogP contribution in [0.4, 0.5) is 9.59 Å². The van der Waals surface area contributed by atoms with E-state index in [1.54, 1.807) is 9.80 Å². The third kappa shape index (κ3) is 5.15. The normalized spacial score (nSPS) is 25.9. The molecule has 3 atom stereocenters. The second-order valence-electron chi connectivity index (χ2n) is 9.09. The van der Waals surface area contributed by atoms with Gasteiger partial charge in [0.15, 0.2) is 0 Å². The van der Waals surface area contributed by atoms with Crippen molar-refractivity contribution >= 4 is 18.0 Å². The summed E-state index contributed by atoms with van der Waals surface area (Å²) in [5.74, 6) is -0.347. The molecular formula is C20H34N4O6. The molecule has 3 saturated heterocycles. The SMILES string of the molecule is CCCCON1C(=O)N2CC1CC[C@H]2C(=O)NOC[C@@H]1CCN1C(=O)OC(C)(C)C. The van der Waals surface area contributed by atoms with E-state index in [-0.39, 0.29) is 36.7 Å². The van der Waals surface area contributed by atoms with Gasteiger partial charge < -0.3 is 14.5 Å². The van der Waals surface area contributed by atoms with E-state index < -0.39 is 11.6 Å². The molecule has 3 aliphatic rings. The fourth-order valence-electron chi connectivity index (χ4n) is 3.83. The Balaban J connectivity index is 1.43. The number of likely N-dealkylation sites (tertiary alicyclic amines) is 1. The molecule has 0 aromatic heterocycles. The molecule has 0 aromatic rings. The number of nitrogens with one attached hydrogen (secondary N) is 1. The third-order valence-corrected chi connectivity index (χ3v) is 5.57. The minimum absolute atomic E-state index is 0.00307. The molecule has 0 radical (unpaired) electrons. The summed E-state index contributed by atoms with van der Waals surface area (Å²) in [6, 6.07) is -0.968. The summed E-state index contributed by atoms with van der Waals surface area (Å²) in [6.07, 6.45) is 3.56. The molecule has 3 aliphatic heterocycles. The van der Waals surface area contributed by atoms with Gasteiger partial charge in [0.05, 0.1) is 25.3 Å². The van der Waals surface area contributed by atoms with Crippen molar-refractivity contribution in [2.24, 2.45) is 0 Å². The first-order valence-electron chi connectivity index (χ1n) is 10.8. The average Bonchev–Trinajstić information content (AvgIpc) is 2.87. The van der Waals surface area contributed by atoms with Crippen LogP contribution >= 0.6 is 0 Å². The molecule has 2 bridgehead atoms. The summed E-state index contributed by atoms with van der Waals surface area (Å²) in [6.45, 7) is 9.30. The van der Waals surface area contributed by atoms with Crippen molar-refractivity contribution in [3.63, 3.8) is 0 Å². The van der Waals surface area contributed by atoms with E-state index in [9.17, 15) is 14.4 Å². The summed E-state index contributed by atoms with van der Waals surface area (Å²) in [5, 5.41) is 1.43. The second-order valence-corrected chi connectivity index (χ2v) is 9.09. The highest BCUT2D eigenvalue weighted by Gasteiger charge is 2.48. The number of ether oxygens (including phenoxy) is 1. The Morgan fingerprint density at radius 3 is 2.60 bits per heavy atom. The molecule has 3 rings (SSSR count). The van der Waals surface area contributed by atoms with Gasteiger partial charge in [0.2, 0.25) is 0 Å². The number of piperidine rings is 1. The molecule has 1 unspecified atom stereocenters. The van der Waals surface area contributed by atoms with E-state index in [1.807, 2.05) is 20.8 Å². The number of fused-ring (bicyclic) bond motifs is 2. The first-order chi connectivity index (χ1) is 14.2. The monoisotopic (exact) mass is 426 g/mol. The molecule has 3 heterocycles. The quantitative estimate of drug-likeness (QED) is 0.471. The summed E-state index contributed by atoms with van der Waals surface area (Å²) < 4.78 is 5.37. The molecule has 170 valence electrons. The van der Waals surface area contributed by atoms with Crippen LogP contribution in [0.2, 0.25) is 0 Å². The van der Waals surface area contributed by atoms with Crippen molar-refractivity contribution in [3.05, 3.63) is 0 Å². The second kappa shape index (κ2) is 9.38. The maximum Gasteiger partial charge on any atom is 0.410 e. The van der Waals surface area contributed by atoms with Crippen molar-refractivity contribution in [2.75, 3.05) is 26.3 Å². The summed E-state index contributed by atoms with van der Waals surface area (Å²) in [7, 11) is 0. The van der Waals surface area contributed by atoms with Crippen LogP contribution in [0, 0.1) is 0 Å². The fourth-order valence-corrected chi connectivity index (χ4v) is 3.83. The number of nitrogens with zero attached hydrogens (tertiary/aromatic N) is 3. The predicted octanol–water partition coefficient (Wildman–Crippen LogP) is 2.04. The lowest BCUT2D eigenvalue weighted by Gasteiger charge is -2.41. The summed E-state index contributed by atoms with van der Waals surface area (Å²) in [4.78, 5) is 51.5. The number of carbonyl (C=O) groups excluding carboxylic acids is 3. The van der Waals surface area contributed by atoms with Gasteiger partial charge in [-0.05, 0) is 46.5 Å². The number of hydroxylamine groups is 3. The third-order valence-electron chi connectivity index (χ3n) is 5.57. The number of hydrogen-bond acceptors (Lipinski definition) is 6. The number of hydrogen-bond donors (Lipinski definition) is 1. The Morgan fingerprint density at radius 1 is 1.20 bits per heavy atom. The van der Waals surface area contributed by atoms with Gasteiger partial charge in [-0.15, -0.1) is 0 Å². The van der Waals surface area contributed by atoms with Crippen molar-refractivity contribution in [1.29, 1.82) is 0 Å². The zero-order chi connectivity index (χ0) is 21.9. The van der Waals surface area contributed by atoms with Gasteiger partial charge in [0.1, 0.15) is 11.6 Å². The van der Waals surface area contributed by atoms with Gasteiger partial charge in [0.25, 0.3) is 5.91 Å². The average molecular weight is 427 g/mol. The van der Waals surface area contributed by atoms with Crippen molar-refractivity contribution in [2.45, 2.75) is 83.5 Å². The van der Waals surface area contributed by atoms with Crippen molar-refractivity contribution < 1.29 is 28.8 Å². The van der Waals surface area contributed by atoms with E-state index >= 15 is 0 Å². The van der Waals surface area contributed by atoms with Gasteiger partial charge in [-0.1, -0.05) is 13.3 Å². The Morgan fingerprint density at radius 2 is 1.97 bits per heavy atom. The van der Waals surface area contributed by atoms with Crippen LogP contribution in [0.3, 0.4) is 0 Å². The van der Waals surface area contributed by atoms with E-state index in [2.05, 4.69) is 12.4 Å². The Bertz CT molecular complexity index is 652. The van der Waals surface area contributed by atoms with Crippen LogP contribution in [0.15, 0.2) is 0 Å². The molecular weight excluding hydrogens is 392 g/mol. The molecule has 0 aromatic carbocycles. The van der Waals surface area contributed by atoms with E-state index in [1.165, 1.54) is 5.06 Å². The zero-order valence-electron chi connectivity index (χ0n) is 18.4. The van der Waals surface area contributed by atoms with Crippen LogP contribution in [0.25, 0.3) is 0 Å². The van der Waals surface area contributed by atoms with Gasteiger partial charge in [-0.2, -0.15) is 5.06 Å². The van der Waals surface area contributed by atoms with Gasteiger partial charge in [0, 0.05) is 13.1 Å². The van der Waals surface area contributed by atoms with E-state index in [0.29, 0.717) is 32.5 Å². The largest absolute Gasteiger partial charge is 0.444 e. The van der Waals surface area contributed by atoms with Crippen LogP contribution in [0.5, 0.6) is 0 Å². The smallest absolute Gasteiger partial charge is 0.410 e. The maximum atomic E-state index is 12.6.